The molecule has 105 valence electrons. The zero-order chi connectivity index (χ0) is 13.4. The Bertz CT molecular complexity index is 720. The smallest absolute Gasteiger partial charge is 0.111 e. The van der Waals surface area contributed by atoms with Crippen molar-refractivity contribution in [3.63, 3.8) is 0 Å². The van der Waals surface area contributed by atoms with Gasteiger partial charge in [-0.3, -0.25) is 14.8 Å². The fourth-order valence-corrected chi connectivity index (χ4v) is 1.90. The second-order valence-electron chi connectivity index (χ2n) is 4.48. The second-order valence-corrected chi connectivity index (χ2v) is 4.48. The molecule has 3 heterocycles. The zero-order valence-electron chi connectivity index (χ0n) is 11.0. The molecule has 7 nitrogen and oxygen atoms in total. The Kier molecular flexibility index (Phi) is 4.28. The summed E-state index contributed by atoms with van der Waals surface area (Å²) in [7, 11) is 0. The van der Waals surface area contributed by atoms with Gasteiger partial charge < -0.3 is 15.2 Å². The topological polar surface area (TPSA) is 90.8 Å². The molecule has 0 amide bonds. The first kappa shape index (κ1) is 14.8. The Balaban J connectivity index is 0.00000147. The summed E-state index contributed by atoms with van der Waals surface area (Å²) in [6.07, 6.45) is 3.07. The van der Waals surface area contributed by atoms with Crippen LogP contribution in [0.25, 0.3) is 22.4 Å². The van der Waals surface area contributed by atoms with Crippen LogP contribution in [0.4, 0.5) is 0 Å². The third-order valence-corrected chi connectivity index (χ3v) is 2.72. The summed E-state index contributed by atoms with van der Waals surface area (Å²) in [5.41, 5.74) is 1.95. The van der Waals surface area contributed by atoms with Gasteiger partial charge in [-0.05, 0) is 25.6 Å². The summed E-state index contributed by atoms with van der Waals surface area (Å²) in [6, 6.07) is 1.84. The first-order chi connectivity index (χ1) is 9.13. The molecule has 8 heteroatoms. The van der Waals surface area contributed by atoms with Crippen LogP contribution in [0.2, 0.25) is 0 Å². The Morgan fingerprint density at radius 2 is 2.25 bits per heavy atom. The maximum atomic E-state index is 9.34. The molecule has 3 rings (SSSR count). The van der Waals surface area contributed by atoms with Gasteiger partial charge in [-0.15, -0.1) is 0 Å². The SMILES string of the molecule is Cc1ncc2c(-c3ccn(CC(C)O)n3)n[n-]c2n1.[Re]. The van der Waals surface area contributed by atoms with Crippen molar-refractivity contribution in [2.75, 3.05) is 0 Å². The van der Waals surface area contributed by atoms with Crippen LogP contribution in [0.1, 0.15) is 12.7 Å². The molecule has 0 spiro atoms. The van der Waals surface area contributed by atoms with E-state index in [1.807, 2.05) is 13.0 Å². The first-order valence-corrected chi connectivity index (χ1v) is 5.98. The van der Waals surface area contributed by atoms with E-state index in [1.54, 1.807) is 24.0 Å². The van der Waals surface area contributed by atoms with Crippen molar-refractivity contribution in [2.45, 2.75) is 26.5 Å². The van der Waals surface area contributed by atoms with E-state index in [-0.39, 0.29) is 20.4 Å². The number of aryl methyl sites for hydroxylation is 1. The number of hydrogen-bond acceptors (Lipinski definition) is 5. The van der Waals surface area contributed by atoms with E-state index < -0.39 is 6.10 Å². The van der Waals surface area contributed by atoms with Crippen LogP contribution in [0.15, 0.2) is 18.5 Å². The zero-order valence-corrected chi connectivity index (χ0v) is 13.7. The van der Waals surface area contributed by atoms with Gasteiger partial charge in [-0.25, -0.2) is 0 Å². The van der Waals surface area contributed by atoms with E-state index in [2.05, 4.69) is 25.3 Å². The molecule has 0 aliphatic rings. The molecule has 20 heavy (non-hydrogen) atoms. The van der Waals surface area contributed by atoms with Gasteiger partial charge in [0.1, 0.15) is 5.69 Å². The monoisotopic (exact) mass is 444 g/mol. The maximum Gasteiger partial charge on any atom is 0.111 e. The molecule has 0 saturated heterocycles. The summed E-state index contributed by atoms with van der Waals surface area (Å²) in [4.78, 5) is 8.37. The predicted molar refractivity (Wildman–Crippen MR) is 68.3 cm³/mol. The van der Waals surface area contributed by atoms with Gasteiger partial charge in [-0.1, -0.05) is 0 Å². The van der Waals surface area contributed by atoms with Gasteiger partial charge in [0.05, 0.1) is 18.3 Å². The Morgan fingerprint density at radius 3 is 3.00 bits per heavy atom. The van der Waals surface area contributed by atoms with Crippen molar-refractivity contribution >= 4 is 11.0 Å². The number of hydrogen-bond donors (Lipinski definition) is 1. The number of aromatic nitrogens is 6. The van der Waals surface area contributed by atoms with Gasteiger partial charge in [0.25, 0.3) is 0 Å². The van der Waals surface area contributed by atoms with E-state index in [4.69, 9.17) is 0 Å². The number of aliphatic hydroxyl groups excluding tert-OH is 1. The van der Waals surface area contributed by atoms with Crippen LogP contribution in [0.5, 0.6) is 0 Å². The van der Waals surface area contributed by atoms with E-state index in [9.17, 15) is 5.11 Å². The molecular formula is C12H13N6ORe-. The quantitative estimate of drug-likeness (QED) is 0.635. The van der Waals surface area contributed by atoms with Crippen LogP contribution in [0, 0.1) is 6.92 Å². The predicted octanol–water partition coefficient (Wildman–Crippen LogP) is 0.532. The molecule has 1 unspecified atom stereocenters. The molecule has 0 aromatic carbocycles. The van der Waals surface area contributed by atoms with Crippen molar-refractivity contribution in [3.8, 4) is 11.4 Å². The summed E-state index contributed by atoms with van der Waals surface area (Å²) in [5, 5.41) is 22.6. The first-order valence-electron chi connectivity index (χ1n) is 5.98. The fraction of sp³-hybridized carbons (Fsp3) is 0.333. The van der Waals surface area contributed by atoms with Crippen molar-refractivity contribution in [2.24, 2.45) is 0 Å². The molecule has 0 bridgehead atoms. The molecule has 1 N–H and O–H groups in total. The molecule has 0 aliphatic heterocycles. The third-order valence-electron chi connectivity index (χ3n) is 2.72. The number of rotatable bonds is 3. The number of nitrogens with zero attached hydrogens (tertiary/aromatic N) is 6. The van der Waals surface area contributed by atoms with Gasteiger partial charge in [0.2, 0.25) is 0 Å². The average molecular weight is 443 g/mol. The molecule has 1 atom stereocenters. The molecule has 0 saturated carbocycles. The largest absolute Gasteiger partial charge is 0.422 e. The Labute approximate surface area is 129 Å². The Hall–Kier alpha value is -1.62. The molecule has 0 fully saturated rings. The minimum atomic E-state index is -0.443. The summed E-state index contributed by atoms with van der Waals surface area (Å²) in [6.45, 7) is 3.97. The molecule has 1 radical (unpaired) electrons. The van der Waals surface area contributed by atoms with Crippen LogP contribution < -0.4 is 5.10 Å². The van der Waals surface area contributed by atoms with E-state index in [1.165, 1.54) is 0 Å². The minimum Gasteiger partial charge on any atom is -0.422 e. The van der Waals surface area contributed by atoms with Crippen molar-refractivity contribution in [3.05, 3.63) is 24.3 Å². The number of aliphatic hydroxyl groups is 1. The summed E-state index contributed by atoms with van der Waals surface area (Å²) < 4.78 is 1.68. The van der Waals surface area contributed by atoms with E-state index in [0.717, 1.165) is 5.39 Å². The van der Waals surface area contributed by atoms with Crippen LogP contribution >= 0.6 is 0 Å². The standard InChI is InChI=1S/C12H13N6O.Re/c1-7(19)6-18-4-3-10(17-18)11-9-5-13-8(2)14-12(9)16-15-11;/h3-5,7,19H,6H2,1-2H3;/q-1;. The molecule has 3 aromatic heterocycles. The third kappa shape index (κ3) is 2.77. The van der Waals surface area contributed by atoms with Crippen LogP contribution in [-0.4, -0.2) is 36.1 Å². The molecule has 0 aliphatic carbocycles. The normalized spacial score (nSPS) is 12.3. The fourth-order valence-electron chi connectivity index (χ4n) is 1.90. The Morgan fingerprint density at radius 1 is 1.45 bits per heavy atom. The maximum absolute atomic E-state index is 9.34. The van der Waals surface area contributed by atoms with Crippen LogP contribution in [-0.2, 0) is 27.0 Å². The molecular weight excluding hydrogens is 430 g/mol. The summed E-state index contributed by atoms with van der Waals surface area (Å²) in [5.74, 6) is 0.665. The van der Waals surface area contributed by atoms with Crippen molar-refractivity contribution < 1.29 is 25.5 Å². The van der Waals surface area contributed by atoms with Gasteiger partial charge in [-0.2, -0.15) is 5.10 Å². The van der Waals surface area contributed by atoms with Gasteiger partial charge >= 0.3 is 0 Å². The number of fused-ring (bicyclic) bond motifs is 1. The summed E-state index contributed by atoms with van der Waals surface area (Å²) >= 11 is 0. The van der Waals surface area contributed by atoms with Crippen LogP contribution in [0.3, 0.4) is 0 Å². The van der Waals surface area contributed by atoms with E-state index in [0.29, 0.717) is 29.4 Å². The second kappa shape index (κ2) is 5.79. The van der Waals surface area contributed by atoms with Gasteiger partial charge in [0, 0.05) is 44.0 Å². The van der Waals surface area contributed by atoms with E-state index >= 15 is 0 Å². The average Bonchev–Trinajstić information content (AvgIpc) is 2.93. The van der Waals surface area contributed by atoms with Crippen molar-refractivity contribution in [1.29, 1.82) is 0 Å². The van der Waals surface area contributed by atoms with Crippen molar-refractivity contribution in [1.82, 2.24) is 29.9 Å². The molecule has 3 aromatic rings. The minimum absolute atomic E-state index is 0. The van der Waals surface area contributed by atoms with Gasteiger partial charge in [0.15, 0.2) is 0 Å².